The standard InChI is InChI=1S/C11H9Br2N5O3/c12-7-1-2-9(14-5-7)15-10(19)3-4-17-6-8(13)11(16-17)18(20)21/h1-2,5-6H,3-4H2,(H,14,15,19). The predicted molar refractivity (Wildman–Crippen MR) is 81.8 cm³/mol. The van der Waals surface area contributed by atoms with Crippen molar-refractivity contribution < 1.29 is 9.72 Å². The van der Waals surface area contributed by atoms with E-state index in [9.17, 15) is 14.9 Å². The summed E-state index contributed by atoms with van der Waals surface area (Å²) in [5.74, 6) is -0.0834. The molecule has 10 heteroatoms. The largest absolute Gasteiger partial charge is 0.404 e. The van der Waals surface area contributed by atoms with Crippen molar-refractivity contribution in [3.05, 3.63) is 43.6 Å². The topological polar surface area (TPSA) is 103 Å². The number of halogens is 2. The third kappa shape index (κ3) is 4.33. The maximum absolute atomic E-state index is 11.7. The van der Waals surface area contributed by atoms with Crippen LogP contribution in [0.1, 0.15) is 6.42 Å². The van der Waals surface area contributed by atoms with E-state index in [1.807, 2.05) is 0 Å². The number of rotatable bonds is 5. The summed E-state index contributed by atoms with van der Waals surface area (Å²) in [4.78, 5) is 25.8. The van der Waals surface area contributed by atoms with Gasteiger partial charge in [-0.2, -0.15) is 4.68 Å². The molecule has 0 radical (unpaired) electrons. The van der Waals surface area contributed by atoms with Crippen LogP contribution in [-0.2, 0) is 11.3 Å². The maximum Gasteiger partial charge on any atom is 0.404 e. The van der Waals surface area contributed by atoms with Gasteiger partial charge in [0.05, 0.1) is 17.8 Å². The van der Waals surface area contributed by atoms with E-state index in [1.165, 1.54) is 10.9 Å². The molecule has 2 heterocycles. The van der Waals surface area contributed by atoms with Crippen molar-refractivity contribution in [1.29, 1.82) is 0 Å². The van der Waals surface area contributed by atoms with Gasteiger partial charge in [0, 0.05) is 17.1 Å². The number of nitrogens with zero attached hydrogens (tertiary/aromatic N) is 4. The van der Waals surface area contributed by atoms with Crippen molar-refractivity contribution in [2.24, 2.45) is 0 Å². The summed E-state index contributed by atoms with van der Waals surface area (Å²) in [6.07, 6.45) is 3.16. The molecule has 8 nitrogen and oxygen atoms in total. The van der Waals surface area contributed by atoms with Gasteiger partial charge in [-0.25, -0.2) is 4.98 Å². The molecule has 0 saturated carbocycles. The van der Waals surface area contributed by atoms with Gasteiger partial charge in [-0.15, -0.1) is 0 Å². The van der Waals surface area contributed by atoms with Gasteiger partial charge < -0.3 is 15.4 Å². The fourth-order valence-electron chi connectivity index (χ4n) is 1.50. The van der Waals surface area contributed by atoms with Crippen LogP contribution in [0, 0.1) is 10.1 Å². The minimum atomic E-state index is -0.591. The minimum absolute atomic E-state index is 0.128. The number of hydrogen-bond acceptors (Lipinski definition) is 5. The smallest absolute Gasteiger partial charge is 0.358 e. The van der Waals surface area contributed by atoms with Gasteiger partial charge in [-0.05, 0) is 48.9 Å². The molecule has 0 unspecified atom stereocenters. The minimum Gasteiger partial charge on any atom is -0.358 e. The number of aromatic nitrogens is 3. The zero-order valence-electron chi connectivity index (χ0n) is 10.5. The number of pyridine rings is 1. The second kappa shape index (κ2) is 6.76. The summed E-state index contributed by atoms with van der Waals surface area (Å²) >= 11 is 6.29. The first kappa shape index (κ1) is 15.6. The number of carbonyl (C=O) groups is 1. The van der Waals surface area contributed by atoms with Gasteiger partial charge in [0.1, 0.15) is 10.3 Å². The van der Waals surface area contributed by atoms with E-state index in [2.05, 4.69) is 47.3 Å². The van der Waals surface area contributed by atoms with Crippen molar-refractivity contribution in [2.45, 2.75) is 13.0 Å². The summed E-state index contributed by atoms with van der Waals surface area (Å²) in [5, 5.41) is 17.0. The molecule has 0 saturated heterocycles. The molecule has 0 aliphatic rings. The molecule has 110 valence electrons. The Balaban J connectivity index is 1.90. The number of aryl methyl sites for hydroxylation is 1. The van der Waals surface area contributed by atoms with Crippen molar-refractivity contribution in [3.63, 3.8) is 0 Å². The molecule has 2 rings (SSSR count). The molecule has 2 aromatic heterocycles. The van der Waals surface area contributed by atoms with Crippen LogP contribution in [0.5, 0.6) is 0 Å². The Kier molecular flexibility index (Phi) is 5.02. The monoisotopic (exact) mass is 417 g/mol. The van der Waals surface area contributed by atoms with E-state index in [0.717, 1.165) is 4.47 Å². The molecule has 1 N–H and O–H groups in total. The summed E-state index contributed by atoms with van der Waals surface area (Å²) in [6.45, 7) is 0.231. The Bertz CT molecular complexity index is 671. The van der Waals surface area contributed by atoms with Crippen LogP contribution in [0.25, 0.3) is 0 Å². The second-order valence-electron chi connectivity index (χ2n) is 3.98. The third-order valence-electron chi connectivity index (χ3n) is 2.43. The molecule has 0 spiro atoms. The van der Waals surface area contributed by atoms with Crippen molar-refractivity contribution >= 4 is 49.4 Å². The van der Waals surface area contributed by atoms with Crippen molar-refractivity contribution in [2.75, 3.05) is 5.32 Å². The second-order valence-corrected chi connectivity index (χ2v) is 5.75. The quantitative estimate of drug-likeness (QED) is 0.593. The van der Waals surface area contributed by atoms with E-state index in [1.54, 1.807) is 18.3 Å². The highest BCUT2D eigenvalue weighted by molar-refractivity contribution is 9.10. The number of hydrogen-bond donors (Lipinski definition) is 1. The van der Waals surface area contributed by atoms with Gasteiger partial charge in [0.15, 0.2) is 0 Å². The average molecular weight is 419 g/mol. The zero-order chi connectivity index (χ0) is 15.4. The highest BCUT2D eigenvalue weighted by Gasteiger charge is 2.18. The lowest BCUT2D eigenvalue weighted by molar-refractivity contribution is -0.390. The van der Waals surface area contributed by atoms with Crippen LogP contribution in [-0.4, -0.2) is 25.6 Å². The summed E-state index contributed by atoms with van der Waals surface area (Å²) < 4.78 is 2.44. The molecule has 0 atom stereocenters. The number of anilines is 1. The lowest BCUT2D eigenvalue weighted by Crippen LogP contribution is -2.15. The number of amides is 1. The van der Waals surface area contributed by atoms with Crippen LogP contribution < -0.4 is 5.32 Å². The number of nitro groups is 1. The van der Waals surface area contributed by atoms with E-state index in [4.69, 9.17) is 0 Å². The third-order valence-corrected chi connectivity index (χ3v) is 3.46. The summed E-state index contributed by atoms with van der Waals surface area (Å²) in [7, 11) is 0. The summed E-state index contributed by atoms with van der Waals surface area (Å²) in [5.41, 5.74) is 0. The van der Waals surface area contributed by atoms with Crippen LogP contribution in [0.3, 0.4) is 0 Å². The lowest BCUT2D eigenvalue weighted by atomic mass is 10.4. The fourth-order valence-corrected chi connectivity index (χ4v) is 2.19. The van der Waals surface area contributed by atoms with Gasteiger partial charge in [-0.1, -0.05) is 0 Å². The van der Waals surface area contributed by atoms with E-state index in [-0.39, 0.29) is 29.2 Å². The van der Waals surface area contributed by atoms with Gasteiger partial charge in [0.2, 0.25) is 5.91 Å². The van der Waals surface area contributed by atoms with Crippen molar-refractivity contribution in [1.82, 2.24) is 14.8 Å². The number of carbonyl (C=O) groups excluding carboxylic acids is 1. The van der Waals surface area contributed by atoms with Gasteiger partial charge >= 0.3 is 5.82 Å². The lowest BCUT2D eigenvalue weighted by Gasteiger charge is -2.03. The van der Waals surface area contributed by atoms with Gasteiger partial charge in [0.25, 0.3) is 0 Å². The molecule has 21 heavy (non-hydrogen) atoms. The molecular weight excluding hydrogens is 410 g/mol. The maximum atomic E-state index is 11.7. The SMILES string of the molecule is O=C(CCn1cc(Br)c([N+](=O)[O-])n1)Nc1ccc(Br)cn1. The Hall–Kier alpha value is -1.81. The van der Waals surface area contributed by atoms with Crippen LogP contribution in [0.4, 0.5) is 11.6 Å². The highest BCUT2D eigenvalue weighted by Crippen LogP contribution is 2.22. The highest BCUT2D eigenvalue weighted by atomic mass is 79.9. The molecule has 0 aliphatic carbocycles. The number of nitrogens with one attached hydrogen (secondary N) is 1. The zero-order valence-corrected chi connectivity index (χ0v) is 13.7. The van der Waals surface area contributed by atoms with Crippen LogP contribution in [0.2, 0.25) is 0 Å². The van der Waals surface area contributed by atoms with Crippen LogP contribution >= 0.6 is 31.9 Å². The fraction of sp³-hybridized carbons (Fsp3) is 0.182. The molecule has 2 aromatic rings. The first-order chi connectivity index (χ1) is 9.95. The van der Waals surface area contributed by atoms with E-state index < -0.39 is 4.92 Å². The first-order valence-corrected chi connectivity index (χ1v) is 7.33. The Labute approximate surface area is 136 Å². The molecule has 0 aliphatic heterocycles. The molecular formula is C11H9Br2N5O3. The Morgan fingerprint density at radius 3 is 2.76 bits per heavy atom. The van der Waals surface area contributed by atoms with Crippen LogP contribution in [0.15, 0.2) is 33.5 Å². The Morgan fingerprint density at radius 2 is 2.19 bits per heavy atom. The normalized spacial score (nSPS) is 10.4. The predicted octanol–water partition coefficient (Wildman–Crippen LogP) is 2.74. The molecule has 0 aromatic carbocycles. The Morgan fingerprint density at radius 1 is 1.43 bits per heavy atom. The first-order valence-electron chi connectivity index (χ1n) is 5.74. The molecule has 0 bridgehead atoms. The molecule has 1 amide bonds. The van der Waals surface area contributed by atoms with Gasteiger partial charge in [-0.3, -0.25) is 4.79 Å². The van der Waals surface area contributed by atoms with E-state index in [0.29, 0.717) is 5.82 Å². The molecule has 0 fully saturated rings. The average Bonchev–Trinajstić information content (AvgIpc) is 2.81. The summed E-state index contributed by atoms with van der Waals surface area (Å²) in [6, 6.07) is 3.42. The van der Waals surface area contributed by atoms with Crippen molar-refractivity contribution in [3.8, 4) is 0 Å². The van der Waals surface area contributed by atoms with E-state index >= 15 is 0 Å².